The first kappa shape index (κ1) is 14.8. The molecule has 19 heavy (non-hydrogen) atoms. The first-order chi connectivity index (χ1) is 9.22. The van der Waals surface area contributed by atoms with Crippen molar-refractivity contribution >= 4 is 15.9 Å². The molecule has 4 heteroatoms. The molecule has 0 bridgehead atoms. The van der Waals surface area contributed by atoms with Crippen molar-refractivity contribution in [2.24, 2.45) is 0 Å². The molecule has 0 N–H and O–H groups in total. The van der Waals surface area contributed by atoms with Gasteiger partial charge in [-0.2, -0.15) is 0 Å². The highest BCUT2D eigenvalue weighted by Crippen LogP contribution is 2.25. The Bertz CT molecular complexity index is 405. The van der Waals surface area contributed by atoms with Crippen LogP contribution in [0.3, 0.4) is 0 Å². The SMILES string of the molecule is COc1cc(C)nc(CN(CCBr)C2CCCC2)c1. The zero-order valence-electron chi connectivity index (χ0n) is 11.9. The minimum absolute atomic E-state index is 0.728. The van der Waals surface area contributed by atoms with Crippen LogP contribution >= 0.6 is 15.9 Å². The van der Waals surface area contributed by atoms with Crippen LogP contribution in [-0.4, -0.2) is 34.9 Å². The van der Waals surface area contributed by atoms with Gasteiger partial charge in [0.05, 0.1) is 12.8 Å². The number of hydrogen-bond donors (Lipinski definition) is 0. The van der Waals surface area contributed by atoms with Crippen LogP contribution in [0.25, 0.3) is 0 Å². The monoisotopic (exact) mass is 326 g/mol. The Morgan fingerprint density at radius 1 is 1.37 bits per heavy atom. The zero-order valence-corrected chi connectivity index (χ0v) is 13.4. The van der Waals surface area contributed by atoms with Crippen LogP contribution in [0.2, 0.25) is 0 Å². The van der Waals surface area contributed by atoms with Gasteiger partial charge in [0.25, 0.3) is 0 Å². The summed E-state index contributed by atoms with van der Waals surface area (Å²) in [5.41, 5.74) is 2.14. The summed E-state index contributed by atoms with van der Waals surface area (Å²) in [5.74, 6) is 0.910. The summed E-state index contributed by atoms with van der Waals surface area (Å²) in [6.45, 7) is 4.04. The number of aromatic nitrogens is 1. The van der Waals surface area contributed by atoms with Crippen molar-refractivity contribution in [3.05, 3.63) is 23.5 Å². The van der Waals surface area contributed by atoms with Crippen LogP contribution in [0.1, 0.15) is 37.1 Å². The van der Waals surface area contributed by atoms with E-state index < -0.39 is 0 Å². The van der Waals surface area contributed by atoms with Crippen LogP contribution in [0, 0.1) is 6.92 Å². The molecule has 3 nitrogen and oxygen atoms in total. The molecular formula is C15H23BrN2O. The number of alkyl halides is 1. The molecule has 2 rings (SSSR count). The fraction of sp³-hybridized carbons (Fsp3) is 0.667. The fourth-order valence-electron chi connectivity index (χ4n) is 2.88. The molecule has 1 aromatic rings. The van der Waals surface area contributed by atoms with E-state index in [9.17, 15) is 0 Å². The zero-order chi connectivity index (χ0) is 13.7. The molecule has 0 saturated heterocycles. The Kier molecular flexibility index (Phi) is 5.64. The van der Waals surface area contributed by atoms with Gasteiger partial charge in [-0.05, 0) is 19.8 Å². The smallest absolute Gasteiger partial charge is 0.122 e. The lowest BCUT2D eigenvalue weighted by Crippen LogP contribution is -2.34. The highest BCUT2D eigenvalue weighted by molar-refractivity contribution is 9.09. The summed E-state index contributed by atoms with van der Waals surface area (Å²) < 4.78 is 5.33. The maximum Gasteiger partial charge on any atom is 0.122 e. The average molecular weight is 327 g/mol. The molecule has 0 aromatic carbocycles. The highest BCUT2D eigenvalue weighted by Gasteiger charge is 2.22. The summed E-state index contributed by atoms with van der Waals surface area (Å²) in [6.07, 6.45) is 5.40. The number of pyridine rings is 1. The molecule has 1 aliphatic carbocycles. The molecule has 1 aliphatic rings. The van der Waals surface area contributed by atoms with Crippen molar-refractivity contribution in [1.29, 1.82) is 0 Å². The molecule has 1 fully saturated rings. The van der Waals surface area contributed by atoms with Crippen molar-refractivity contribution in [3.8, 4) is 5.75 Å². The Morgan fingerprint density at radius 3 is 2.74 bits per heavy atom. The highest BCUT2D eigenvalue weighted by atomic mass is 79.9. The number of aryl methyl sites for hydroxylation is 1. The molecule has 1 aromatic heterocycles. The third-order valence-electron chi connectivity index (χ3n) is 3.79. The van der Waals surface area contributed by atoms with Crippen molar-refractivity contribution in [2.75, 3.05) is 19.0 Å². The predicted octanol–water partition coefficient (Wildman–Crippen LogP) is 3.54. The van der Waals surface area contributed by atoms with E-state index in [0.717, 1.165) is 41.6 Å². The first-order valence-corrected chi connectivity index (χ1v) is 8.16. The molecule has 1 saturated carbocycles. The number of nitrogens with zero attached hydrogens (tertiary/aromatic N) is 2. The van der Waals surface area contributed by atoms with Gasteiger partial charge in [-0.25, -0.2) is 0 Å². The van der Waals surface area contributed by atoms with Gasteiger partial charge >= 0.3 is 0 Å². The summed E-state index contributed by atoms with van der Waals surface area (Å²) in [5, 5.41) is 1.02. The summed E-state index contributed by atoms with van der Waals surface area (Å²) in [6, 6.07) is 4.77. The fourth-order valence-corrected chi connectivity index (χ4v) is 3.33. The van der Waals surface area contributed by atoms with Crippen molar-refractivity contribution < 1.29 is 4.74 Å². The first-order valence-electron chi connectivity index (χ1n) is 7.04. The maximum atomic E-state index is 5.33. The van der Waals surface area contributed by atoms with Crippen molar-refractivity contribution in [2.45, 2.75) is 45.2 Å². The van der Waals surface area contributed by atoms with Gasteiger partial charge in [-0.3, -0.25) is 9.88 Å². The normalized spacial score (nSPS) is 16.2. The van der Waals surface area contributed by atoms with Gasteiger partial charge in [-0.15, -0.1) is 0 Å². The molecule has 0 radical (unpaired) electrons. The van der Waals surface area contributed by atoms with E-state index >= 15 is 0 Å². The molecule has 0 aliphatic heterocycles. The molecule has 0 atom stereocenters. The van der Waals surface area contributed by atoms with E-state index in [0.29, 0.717) is 0 Å². The Hall–Kier alpha value is -0.610. The van der Waals surface area contributed by atoms with Crippen LogP contribution in [0.5, 0.6) is 5.75 Å². The topological polar surface area (TPSA) is 25.4 Å². The van der Waals surface area contributed by atoms with E-state index in [1.807, 2.05) is 13.0 Å². The number of ether oxygens (including phenoxy) is 1. The molecule has 1 heterocycles. The molecule has 0 amide bonds. The number of halogens is 1. The van der Waals surface area contributed by atoms with Crippen molar-refractivity contribution in [1.82, 2.24) is 9.88 Å². The van der Waals surface area contributed by atoms with E-state index in [1.54, 1.807) is 7.11 Å². The number of hydrogen-bond acceptors (Lipinski definition) is 3. The van der Waals surface area contributed by atoms with Crippen LogP contribution in [-0.2, 0) is 6.54 Å². The van der Waals surface area contributed by atoms with E-state index in [4.69, 9.17) is 4.74 Å². The Labute approximate surface area is 124 Å². The van der Waals surface area contributed by atoms with E-state index in [-0.39, 0.29) is 0 Å². The standard InChI is InChI=1S/C15H23BrN2O/c1-12-9-15(19-2)10-13(17-12)11-18(8-7-16)14-5-3-4-6-14/h9-10,14H,3-8,11H2,1-2H3. The van der Waals surface area contributed by atoms with Gasteiger partial charge in [0.1, 0.15) is 5.75 Å². The minimum Gasteiger partial charge on any atom is -0.497 e. The second kappa shape index (κ2) is 7.25. The second-order valence-electron chi connectivity index (χ2n) is 5.24. The number of rotatable bonds is 6. The summed E-state index contributed by atoms with van der Waals surface area (Å²) in [7, 11) is 1.71. The lowest BCUT2D eigenvalue weighted by atomic mass is 10.2. The maximum absolute atomic E-state index is 5.33. The lowest BCUT2D eigenvalue weighted by Gasteiger charge is -2.28. The minimum atomic E-state index is 0.728. The van der Waals surface area contributed by atoms with Gasteiger partial charge in [0.15, 0.2) is 0 Å². The molecular weight excluding hydrogens is 304 g/mol. The predicted molar refractivity (Wildman–Crippen MR) is 82.0 cm³/mol. The quantitative estimate of drug-likeness (QED) is 0.748. The lowest BCUT2D eigenvalue weighted by molar-refractivity contribution is 0.200. The summed E-state index contributed by atoms with van der Waals surface area (Å²) >= 11 is 3.57. The number of methoxy groups -OCH3 is 1. The van der Waals surface area contributed by atoms with Gasteiger partial charge in [0.2, 0.25) is 0 Å². The van der Waals surface area contributed by atoms with Gasteiger partial charge in [0, 0.05) is 42.3 Å². The molecule has 0 spiro atoms. The third kappa shape index (κ3) is 4.18. The van der Waals surface area contributed by atoms with Gasteiger partial charge < -0.3 is 4.74 Å². The van der Waals surface area contributed by atoms with Crippen LogP contribution < -0.4 is 4.74 Å². The largest absolute Gasteiger partial charge is 0.497 e. The van der Waals surface area contributed by atoms with Crippen LogP contribution in [0.15, 0.2) is 12.1 Å². The molecule has 0 unspecified atom stereocenters. The summed E-state index contributed by atoms with van der Waals surface area (Å²) in [4.78, 5) is 7.20. The van der Waals surface area contributed by atoms with Gasteiger partial charge in [-0.1, -0.05) is 28.8 Å². The third-order valence-corrected chi connectivity index (χ3v) is 4.15. The Balaban J connectivity index is 2.09. The Morgan fingerprint density at radius 2 is 2.11 bits per heavy atom. The van der Waals surface area contributed by atoms with E-state index in [2.05, 4.69) is 31.9 Å². The average Bonchev–Trinajstić information content (AvgIpc) is 2.91. The van der Waals surface area contributed by atoms with Crippen LogP contribution in [0.4, 0.5) is 0 Å². The molecule has 106 valence electrons. The van der Waals surface area contributed by atoms with E-state index in [1.165, 1.54) is 25.7 Å². The van der Waals surface area contributed by atoms with Crippen molar-refractivity contribution in [3.63, 3.8) is 0 Å². The second-order valence-corrected chi connectivity index (χ2v) is 6.03.